The van der Waals surface area contributed by atoms with Crippen molar-refractivity contribution in [2.75, 3.05) is 0 Å². The molecule has 0 radical (unpaired) electrons. The molecule has 1 amide bonds. The van der Waals surface area contributed by atoms with Crippen LogP contribution in [0.25, 0.3) is 11.1 Å². The molecule has 4 heteroatoms. The summed E-state index contributed by atoms with van der Waals surface area (Å²) in [5.74, 6) is 0.459. The maximum Gasteiger partial charge on any atom is 0.409 e. The van der Waals surface area contributed by atoms with Crippen LogP contribution in [0, 0.1) is 0 Å². The Hall–Kier alpha value is -2.36. The van der Waals surface area contributed by atoms with E-state index in [1.165, 1.54) is 0 Å². The Morgan fingerprint density at radius 2 is 2.17 bits per heavy atom. The summed E-state index contributed by atoms with van der Waals surface area (Å²) in [6, 6.07) is 9.45. The van der Waals surface area contributed by atoms with Gasteiger partial charge in [-0.1, -0.05) is 19.1 Å². The van der Waals surface area contributed by atoms with E-state index in [4.69, 9.17) is 10.5 Å². The van der Waals surface area contributed by atoms with Gasteiger partial charge in [0.05, 0.1) is 0 Å². The highest BCUT2D eigenvalue weighted by molar-refractivity contribution is 5.71. The summed E-state index contributed by atoms with van der Waals surface area (Å²) < 4.78 is 4.94. The van der Waals surface area contributed by atoms with Crippen molar-refractivity contribution < 1.29 is 9.53 Å². The molecule has 0 unspecified atom stereocenters. The van der Waals surface area contributed by atoms with E-state index in [1.54, 1.807) is 18.5 Å². The number of benzene rings is 1. The van der Waals surface area contributed by atoms with Crippen molar-refractivity contribution in [3.8, 4) is 16.9 Å². The van der Waals surface area contributed by atoms with Crippen LogP contribution in [0.1, 0.15) is 12.5 Å². The normalized spacial score (nSPS) is 10.1. The number of aryl methyl sites for hydroxylation is 1. The first-order valence-electron chi connectivity index (χ1n) is 5.70. The highest BCUT2D eigenvalue weighted by Gasteiger charge is 2.05. The third-order valence-electron chi connectivity index (χ3n) is 2.59. The third-order valence-corrected chi connectivity index (χ3v) is 2.59. The van der Waals surface area contributed by atoms with Gasteiger partial charge in [0.1, 0.15) is 5.75 Å². The average Bonchev–Trinajstić information content (AvgIpc) is 2.38. The zero-order valence-electron chi connectivity index (χ0n) is 10.1. The van der Waals surface area contributed by atoms with Crippen LogP contribution in [0.4, 0.5) is 4.79 Å². The fraction of sp³-hybridized carbons (Fsp3) is 0.143. The van der Waals surface area contributed by atoms with Gasteiger partial charge in [-0.05, 0) is 35.7 Å². The minimum absolute atomic E-state index is 0.459. The van der Waals surface area contributed by atoms with Gasteiger partial charge in [0.2, 0.25) is 0 Å². The lowest BCUT2D eigenvalue weighted by Gasteiger charge is -2.08. The zero-order chi connectivity index (χ0) is 13.0. The molecule has 1 aromatic carbocycles. The van der Waals surface area contributed by atoms with Gasteiger partial charge in [0, 0.05) is 18.0 Å². The maximum atomic E-state index is 10.8. The van der Waals surface area contributed by atoms with Gasteiger partial charge < -0.3 is 10.5 Å². The van der Waals surface area contributed by atoms with E-state index in [-0.39, 0.29) is 0 Å². The van der Waals surface area contributed by atoms with Crippen molar-refractivity contribution in [1.82, 2.24) is 4.98 Å². The Bertz CT molecular complexity index is 553. The van der Waals surface area contributed by atoms with E-state index in [2.05, 4.69) is 4.98 Å². The Balaban J connectivity index is 2.44. The smallest absolute Gasteiger partial charge is 0.409 e. The Morgan fingerprint density at radius 1 is 1.33 bits per heavy atom. The number of primary amides is 1. The first-order valence-corrected chi connectivity index (χ1v) is 5.70. The molecule has 0 atom stereocenters. The first-order chi connectivity index (χ1) is 8.69. The van der Waals surface area contributed by atoms with Crippen LogP contribution in [-0.4, -0.2) is 11.1 Å². The predicted molar refractivity (Wildman–Crippen MR) is 69.3 cm³/mol. The van der Waals surface area contributed by atoms with Crippen molar-refractivity contribution >= 4 is 6.09 Å². The Kier molecular flexibility index (Phi) is 3.57. The van der Waals surface area contributed by atoms with Crippen LogP contribution in [0.2, 0.25) is 0 Å². The van der Waals surface area contributed by atoms with Crippen molar-refractivity contribution in [2.45, 2.75) is 13.3 Å². The van der Waals surface area contributed by atoms with Crippen LogP contribution in [0.3, 0.4) is 0 Å². The van der Waals surface area contributed by atoms with Gasteiger partial charge in [-0.2, -0.15) is 0 Å². The number of nitrogens with two attached hydrogens (primary N) is 1. The summed E-state index contributed by atoms with van der Waals surface area (Å²) in [6.45, 7) is 2.04. The summed E-state index contributed by atoms with van der Waals surface area (Å²) in [4.78, 5) is 14.9. The van der Waals surface area contributed by atoms with E-state index < -0.39 is 6.09 Å². The number of ether oxygens (including phenoxy) is 1. The fourth-order valence-electron chi connectivity index (χ4n) is 1.74. The molecule has 0 saturated heterocycles. The van der Waals surface area contributed by atoms with Crippen molar-refractivity contribution in [3.05, 3.63) is 48.3 Å². The number of amides is 1. The first kappa shape index (κ1) is 12.1. The standard InChI is InChI=1S/C14H14N2O2/c1-2-10-6-12(11-4-3-5-16-9-11)8-13(7-10)18-14(15)17/h3-9H,2H2,1H3,(H2,15,17). The van der Waals surface area contributed by atoms with Gasteiger partial charge in [-0.3, -0.25) is 4.98 Å². The molecule has 0 aliphatic rings. The molecule has 4 nitrogen and oxygen atoms in total. The molecule has 0 aliphatic heterocycles. The van der Waals surface area contributed by atoms with E-state index >= 15 is 0 Å². The molecular weight excluding hydrogens is 228 g/mol. The molecule has 0 saturated carbocycles. The number of hydrogen-bond acceptors (Lipinski definition) is 3. The second-order valence-electron chi connectivity index (χ2n) is 3.88. The average molecular weight is 242 g/mol. The van der Waals surface area contributed by atoms with E-state index in [1.807, 2.05) is 31.2 Å². The summed E-state index contributed by atoms with van der Waals surface area (Å²) in [7, 11) is 0. The summed E-state index contributed by atoms with van der Waals surface area (Å²) >= 11 is 0. The van der Waals surface area contributed by atoms with Gasteiger partial charge in [0.15, 0.2) is 0 Å². The molecule has 2 aromatic rings. The van der Waals surface area contributed by atoms with E-state index in [9.17, 15) is 4.79 Å². The monoisotopic (exact) mass is 242 g/mol. The van der Waals surface area contributed by atoms with Crippen LogP contribution in [0.5, 0.6) is 5.75 Å². The van der Waals surface area contributed by atoms with Gasteiger partial charge in [0.25, 0.3) is 0 Å². The number of aromatic nitrogens is 1. The fourth-order valence-corrected chi connectivity index (χ4v) is 1.74. The topological polar surface area (TPSA) is 65.2 Å². The van der Waals surface area contributed by atoms with E-state index in [0.29, 0.717) is 5.75 Å². The molecule has 2 N–H and O–H groups in total. The summed E-state index contributed by atoms with van der Waals surface area (Å²) in [5, 5.41) is 0. The molecule has 0 fully saturated rings. The molecule has 0 bridgehead atoms. The highest BCUT2D eigenvalue weighted by atomic mass is 16.5. The molecule has 0 spiro atoms. The second-order valence-corrected chi connectivity index (χ2v) is 3.88. The lowest BCUT2D eigenvalue weighted by Crippen LogP contribution is -2.16. The predicted octanol–water partition coefficient (Wildman–Crippen LogP) is 2.77. The minimum atomic E-state index is -0.805. The zero-order valence-corrected chi connectivity index (χ0v) is 10.1. The number of rotatable bonds is 3. The Labute approximate surface area is 105 Å². The van der Waals surface area contributed by atoms with Crippen molar-refractivity contribution in [2.24, 2.45) is 5.73 Å². The lowest BCUT2D eigenvalue weighted by molar-refractivity contribution is 0.211. The molecule has 1 aromatic heterocycles. The number of nitrogens with zero attached hydrogens (tertiary/aromatic N) is 1. The number of pyridine rings is 1. The van der Waals surface area contributed by atoms with Crippen LogP contribution < -0.4 is 10.5 Å². The minimum Gasteiger partial charge on any atom is -0.410 e. The van der Waals surface area contributed by atoms with Crippen LogP contribution in [-0.2, 0) is 6.42 Å². The second kappa shape index (κ2) is 5.31. The summed E-state index contributed by atoms with van der Waals surface area (Å²) in [6.07, 6.45) is 3.53. The van der Waals surface area contributed by atoms with Gasteiger partial charge in [-0.15, -0.1) is 0 Å². The summed E-state index contributed by atoms with van der Waals surface area (Å²) in [5.41, 5.74) is 8.04. The Morgan fingerprint density at radius 3 is 2.78 bits per heavy atom. The third kappa shape index (κ3) is 2.85. The number of hydrogen-bond donors (Lipinski definition) is 1. The molecule has 92 valence electrons. The quantitative estimate of drug-likeness (QED) is 0.900. The number of carbonyl (C=O) groups excluding carboxylic acids is 1. The van der Waals surface area contributed by atoms with Gasteiger partial charge >= 0.3 is 6.09 Å². The molecular formula is C14H14N2O2. The van der Waals surface area contributed by atoms with Crippen LogP contribution in [0.15, 0.2) is 42.7 Å². The number of carbonyl (C=O) groups is 1. The largest absolute Gasteiger partial charge is 0.410 e. The van der Waals surface area contributed by atoms with Crippen molar-refractivity contribution in [1.29, 1.82) is 0 Å². The molecule has 18 heavy (non-hydrogen) atoms. The van der Waals surface area contributed by atoms with Crippen molar-refractivity contribution in [3.63, 3.8) is 0 Å². The van der Waals surface area contributed by atoms with Gasteiger partial charge in [-0.25, -0.2) is 4.79 Å². The molecule has 2 rings (SSSR count). The van der Waals surface area contributed by atoms with Crippen LogP contribution >= 0.6 is 0 Å². The maximum absolute atomic E-state index is 10.8. The molecule has 0 aliphatic carbocycles. The SMILES string of the molecule is CCc1cc(OC(N)=O)cc(-c2cccnc2)c1. The lowest BCUT2D eigenvalue weighted by atomic mass is 10.0. The van der Waals surface area contributed by atoms with E-state index in [0.717, 1.165) is 23.1 Å². The molecule has 1 heterocycles. The highest BCUT2D eigenvalue weighted by Crippen LogP contribution is 2.26.